The molecule has 0 spiro atoms. The van der Waals surface area contributed by atoms with Crippen LogP contribution in [0.25, 0.3) is 0 Å². The Hall–Kier alpha value is -2.95. The molecule has 0 N–H and O–H groups in total. The van der Waals surface area contributed by atoms with E-state index in [4.69, 9.17) is 4.74 Å². The summed E-state index contributed by atoms with van der Waals surface area (Å²) < 4.78 is 5.12. The summed E-state index contributed by atoms with van der Waals surface area (Å²) >= 11 is 0. The monoisotopic (exact) mass is 321 g/mol. The van der Waals surface area contributed by atoms with Crippen molar-refractivity contribution in [1.82, 2.24) is 0 Å². The topological polar surface area (TPSA) is 63.7 Å². The molecule has 1 aromatic carbocycles. The summed E-state index contributed by atoms with van der Waals surface area (Å²) in [6.07, 6.45) is 4.86. The van der Waals surface area contributed by atoms with Crippen molar-refractivity contribution in [1.29, 1.82) is 0 Å². The van der Waals surface area contributed by atoms with Crippen molar-refractivity contribution >= 4 is 23.5 Å². The number of benzene rings is 1. The van der Waals surface area contributed by atoms with Gasteiger partial charge in [-0.3, -0.25) is 9.59 Å². The molecule has 2 bridgehead atoms. The zero-order valence-electron chi connectivity index (χ0n) is 13.1. The number of imide groups is 1. The Morgan fingerprint density at radius 3 is 2.12 bits per heavy atom. The molecule has 5 heteroatoms. The van der Waals surface area contributed by atoms with Crippen LogP contribution in [0.5, 0.6) is 5.75 Å². The van der Waals surface area contributed by atoms with Gasteiger partial charge in [0.1, 0.15) is 5.75 Å². The van der Waals surface area contributed by atoms with Crippen LogP contribution in [0.3, 0.4) is 0 Å². The predicted octanol–water partition coefficient (Wildman–Crippen LogP) is 2.54. The molecule has 2 aliphatic carbocycles. The van der Waals surface area contributed by atoms with Gasteiger partial charge in [-0.15, -0.1) is 0 Å². The van der Waals surface area contributed by atoms with Gasteiger partial charge in [-0.05, 0) is 37.6 Å². The fourth-order valence-corrected chi connectivity index (χ4v) is 3.50. The van der Waals surface area contributed by atoms with Crippen LogP contribution in [0.4, 0.5) is 5.69 Å². The Kier molecular flexibility index (Phi) is 3.06. The van der Waals surface area contributed by atoms with Crippen molar-refractivity contribution in [2.45, 2.75) is 13.3 Å². The molecule has 1 aromatic rings. The minimum Gasteiger partial charge on any atom is -0.423 e. The van der Waals surface area contributed by atoms with Crippen molar-refractivity contribution in [2.24, 2.45) is 11.8 Å². The largest absolute Gasteiger partial charge is 0.423 e. The lowest BCUT2D eigenvalue weighted by atomic mass is 9.99. The van der Waals surface area contributed by atoms with Crippen molar-refractivity contribution in [3.63, 3.8) is 0 Å². The number of amides is 2. The number of rotatable bonds is 3. The average Bonchev–Trinajstić information content (AvgIpc) is 3.22. The summed E-state index contributed by atoms with van der Waals surface area (Å²) in [7, 11) is 0. The van der Waals surface area contributed by atoms with E-state index in [1.807, 2.05) is 12.2 Å². The maximum Gasteiger partial charge on any atom is 0.338 e. The molecule has 0 fully saturated rings. The van der Waals surface area contributed by atoms with Crippen LogP contribution >= 0.6 is 0 Å². The second kappa shape index (κ2) is 5.03. The summed E-state index contributed by atoms with van der Waals surface area (Å²) in [5, 5.41) is 0. The first-order valence-electron chi connectivity index (χ1n) is 7.76. The van der Waals surface area contributed by atoms with Gasteiger partial charge in [0.15, 0.2) is 0 Å². The second-order valence-electron chi connectivity index (χ2n) is 6.27. The zero-order chi connectivity index (χ0) is 17.0. The molecule has 0 saturated carbocycles. The number of anilines is 1. The van der Waals surface area contributed by atoms with Gasteiger partial charge < -0.3 is 4.74 Å². The van der Waals surface area contributed by atoms with Crippen LogP contribution in [0, 0.1) is 11.8 Å². The second-order valence-corrected chi connectivity index (χ2v) is 6.27. The number of allylic oxidation sites excluding steroid dienone is 2. The minimum absolute atomic E-state index is 0.0715. The molecule has 0 radical (unpaired) electrons. The van der Waals surface area contributed by atoms with Gasteiger partial charge in [-0.1, -0.05) is 18.7 Å². The third-order valence-corrected chi connectivity index (χ3v) is 4.64. The van der Waals surface area contributed by atoms with Crippen LogP contribution in [-0.4, -0.2) is 17.8 Å². The van der Waals surface area contributed by atoms with E-state index < -0.39 is 5.97 Å². The summed E-state index contributed by atoms with van der Waals surface area (Å²) in [4.78, 5) is 38.0. The Morgan fingerprint density at radius 2 is 1.62 bits per heavy atom. The number of nitrogens with zero attached hydrogens (tertiary/aromatic N) is 1. The summed E-state index contributed by atoms with van der Waals surface area (Å²) in [6, 6.07) is 6.34. The molecule has 0 saturated heterocycles. The van der Waals surface area contributed by atoms with Gasteiger partial charge in [0, 0.05) is 28.6 Å². The fourth-order valence-electron chi connectivity index (χ4n) is 3.50. The summed E-state index contributed by atoms with van der Waals surface area (Å²) in [5.41, 5.74) is 2.07. The van der Waals surface area contributed by atoms with Crippen molar-refractivity contribution in [2.75, 3.05) is 4.90 Å². The first-order valence-corrected chi connectivity index (χ1v) is 7.76. The summed E-state index contributed by atoms with van der Waals surface area (Å²) in [6.45, 7) is 5.08. The maximum absolute atomic E-state index is 12.7. The first-order chi connectivity index (χ1) is 11.5. The van der Waals surface area contributed by atoms with Gasteiger partial charge >= 0.3 is 5.97 Å². The molecule has 1 aliphatic heterocycles. The van der Waals surface area contributed by atoms with Crippen molar-refractivity contribution < 1.29 is 19.1 Å². The summed E-state index contributed by atoms with van der Waals surface area (Å²) in [5.74, 6) is -0.506. The standard InChI is InChI=1S/C19H15NO4/c1-10(2)19(23)24-14-7-5-13(6-8-14)20-17(21)15-11-3-4-12(9-11)16(15)18(20)22/h3-8,11-12H,1,9H2,2H3. The third-order valence-electron chi connectivity index (χ3n) is 4.64. The SMILES string of the molecule is C=C(C)C(=O)Oc1ccc(N2C(=O)C3=C(C2=O)C2C=CC3C2)cc1. The number of ether oxygens (including phenoxy) is 1. The molecule has 5 nitrogen and oxygen atoms in total. The van der Waals surface area contributed by atoms with Gasteiger partial charge in [0.2, 0.25) is 0 Å². The van der Waals surface area contributed by atoms with Crippen molar-refractivity contribution in [3.8, 4) is 5.75 Å². The zero-order valence-corrected chi connectivity index (χ0v) is 13.1. The molecule has 4 rings (SSSR count). The Balaban J connectivity index is 1.58. The van der Waals surface area contributed by atoms with E-state index in [1.54, 1.807) is 31.2 Å². The molecule has 2 amide bonds. The van der Waals surface area contributed by atoms with Crippen LogP contribution in [-0.2, 0) is 14.4 Å². The van der Waals surface area contributed by atoms with Crippen LogP contribution in [0.15, 0.2) is 59.7 Å². The molecule has 0 aromatic heterocycles. The van der Waals surface area contributed by atoms with E-state index in [9.17, 15) is 14.4 Å². The highest BCUT2D eigenvalue weighted by molar-refractivity contribution is 6.34. The van der Waals surface area contributed by atoms with Crippen LogP contribution < -0.4 is 9.64 Å². The molecule has 120 valence electrons. The lowest BCUT2D eigenvalue weighted by Crippen LogP contribution is -2.33. The first kappa shape index (κ1) is 14.6. The predicted molar refractivity (Wildman–Crippen MR) is 87.1 cm³/mol. The number of hydrogen-bond acceptors (Lipinski definition) is 4. The van der Waals surface area contributed by atoms with E-state index in [2.05, 4.69) is 6.58 Å². The van der Waals surface area contributed by atoms with E-state index in [0.29, 0.717) is 28.2 Å². The highest BCUT2D eigenvalue weighted by Crippen LogP contribution is 2.49. The molecule has 1 heterocycles. The van der Waals surface area contributed by atoms with Crippen LogP contribution in [0.1, 0.15) is 13.3 Å². The number of esters is 1. The van der Waals surface area contributed by atoms with Gasteiger partial charge in [-0.2, -0.15) is 0 Å². The van der Waals surface area contributed by atoms with E-state index >= 15 is 0 Å². The van der Waals surface area contributed by atoms with Crippen LogP contribution in [0.2, 0.25) is 0 Å². The van der Waals surface area contributed by atoms with E-state index in [1.165, 1.54) is 4.90 Å². The van der Waals surface area contributed by atoms with E-state index in [-0.39, 0.29) is 23.7 Å². The number of carbonyl (C=O) groups excluding carboxylic acids is 3. The Labute approximate surface area is 138 Å². The third kappa shape index (κ3) is 1.98. The number of fused-ring (bicyclic) bond motifs is 4. The molecule has 3 aliphatic rings. The van der Waals surface area contributed by atoms with E-state index in [0.717, 1.165) is 6.42 Å². The Bertz CT molecular complexity index is 826. The highest BCUT2D eigenvalue weighted by Gasteiger charge is 2.50. The lowest BCUT2D eigenvalue weighted by Gasteiger charge is -2.18. The molecule has 2 atom stereocenters. The lowest BCUT2D eigenvalue weighted by molar-refractivity contribution is -0.130. The maximum atomic E-state index is 12.7. The fraction of sp³-hybridized carbons (Fsp3) is 0.211. The van der Waals surface area contributed by atoms with Gasteiger partial charge in [-0.25, -0.2) is 9.69 Å². The molecular formula is C19H15NO4. The molecular weight excluding hydrogens is 306 g/mol. The number of hydrogen-bond donors (Lipinski definition) is 0. The normalized spacial score (nSPS) is 24.0. The molecule has 2 unspecified atom stereocenters. The Morgan fingerprint density at radius 1 is 1.08 bits per heavy atom. The smallest absolute Gasteiger partial charge is 0.338 e. The van der Waals surface area contributed by atoms with Crippen molar-refractivity contribution in [3.05, 3.63) is 59.7 Å². The van der Waals surface area contributed by atoms with Gasteiger partial charge in [0.05, 0.1) is 5.69 Å². The van der Waals surface area contributed by atoms with Gasteiger partial charge in [0.25, 0.3) is 11.8 Å². The highest BCUT2D eigenvalue weighted by atomic mass is 16.5. The minimum atomic E-state index is -0.514. The quantitative estimate of drug-likeness (QED) is 0.282. The average molecular weight is 321 g/mol. The number of carbonyl (C=O) groups is 3. The molecule has 24 heavy (non-hydrogen) atoms.